The van der Waals surface area contributed by atoms with Gasteiger partial charge in [0.2, 0.25) is 0 Å². The Morgan fingerprint density at radius 3 is 2.10 bits per heavy atom. The summed E-state index contributed by atoms with van der Waals surface area (Å²) >= 11 is 0. The molecule has 1 saturated carbocycles. The monoisotopic (exact) mass is 273 g/mol. The van der Waals surface area contributed by atoms with Crippen molar-refractivity contribution in [3.05, 3.63) is 35.4 Å². The predicted octanol–water partition coefficient (Wildman–Crippen LogP) is 4.08. The minimum Gasteiger partial charge on any atom is -0.329 e. The van der Waals surface area contributed by atoms with E-state index in [-0.39, 0.29) is 16.6 Å². The Morgan fingerprint density at radius 2 is 1.65 bits per heavy atom. The van der Waals surface area contributed by atoms with E-state index >= 15 is 0 Å². The molecule has 0 amide bonds. The Balaban J connectivity index is 2.24. The number of rotatable bonds is 3. The minimum absolute atomic E-state index is 0.123. The molecule has 1 fully saturated rings. The molecule has 0 aliphatic heterocycles. The molecule has 1 aromatic carbocycles. The summed E-state index contributed by atoms with van der Waals surface area (Å²) in [6, 6.07) is 8.13. The van der Waals surface area contributed by atoms with Gasteiger partial charge in [0.1, 0.15) is 0 Å². The molecule has 2 nitrogen and oxygen atoms in total. The van der Waals surface area contributed by atoms with Gasteiger partial charge in [-0.25, -0.2) is 0 Å². The van der Waals surface area contributed by atoms with Gasteiger partial charge in [-0.2, -0.15) is 0 Å². The van der Waals surface area contributed by atoms with E-state index in [2.05, 4.69) is 32.9 Å². The van der Waals surface area contributed by atoms with Crippen molar-refractivity contribution < 1.29 is 4.79 Å². The molecule has 0 unspecified atom stereocenters. The fourth-order valence-corrected chi connectivity index (χ4v) is 3.18. The molecular weight excluding hydrogens is 246 g/mol. The second-order valence-corrected chi connectivity index (χ2v) is 7.20. The summed E-state index contributed by atoms with van der Waals surface area (Å²) in [5, 5.41) is 0. The largest absolute Gasteiger partial charge is 0.329 e. The van der Waals surface area contributed by atoms with E-state index in [9.17, 15) is 4.79 Å². The van der Waals surface area contributed by atoms with Crippen molar-refractivity contribution in [2.75, 3.05) is 6.54 Å². The van der Waals surface area contributed by atoms with E-state index in [0.717, 1.165) is 31.2 Å². The van der Waals surface area contributed by atoms with Crippen LogP contribution in [0.3, 0.4) is 0 Å². The molecule has 0 aromatic heterocycles. The number of nitrogens with two attached hydrogens (primary N) is 1. The van der Waals surface area contributed by atoms with Crippen LogP contribution in [0.2, 0.25) is 0 Å². The van der Waals surface area contributed by atoms with Crippen LogP contribution in [0.1, 0.15) is 68.8 Å². The second-order valence-electron chi connectivity index (χ2n) is 7.20. The first-order valence-corrected chi connectivity index (χ1v) is 7.74. The number of carbonyl (C=O) groups excluding carboxylic acids is 1. The third kappa shape index (κ3) is 2.95. The number of benzene rings is 1. The fourth-order valence-electron chi connectivity index (χ4n) is 3.18. The van der Waals surface area contributed by atoms with Crippen molar-refractivity contribution >= 4 is 5.78 Å². The molecule has 0 heterocycles. The lowest BCUT2D eigenvalue weighted by Crippen LogP contribution is -2.40. The molecule has 2 N–H and O–H groups in total. The highest BCUT2D eigenvalue weighted by Gasteiger charge is 2.38. The molecule has 0 bridgehead atoms. The Kier molecular flexibility index (Phi) is 4.33. The van der Waals surface area contributed by atoms with E-state index in [0.29, 0.717) is 6.54 Å². The van der Waals surface area contributed by atoms with Gasteiger partial charge in [0.05, 0.1) is 0 Å². The molecule has 20 heavy (non-hydrogen) atoms. The van der Waals surface area contributed by atoms with Gasteiger partial charge in [-0.15, -0.1) is 0 Å². The van der Waals surface area contributed by atoms with Crippen LogP contribution < -0.4 is 5.73 Å². The maximum Gasteiger partial charge on any atom is 0.170 e. The van der Waals surface area contributed by atoms with Gasteiger partial charge in [-0.3, -0.25) is 4.79 Å². The summed E-state index contributed by atoms with van der Waals surface area (Å²) in [6.45, 7) is 7.04. The van der Waals surface area contributed by atoms with E-state index in [1.807, 2.05) is 12.1 Å². The molecule has 0 atom stereocenters. The first-order valence-electron chi connectivity index (χ1n) is 7.74. The van der Waals surface area contributed by atoms with Crippen LogP contribution in [-0.4, -0.2) is 12.3 Å². The highest BCUT2D eigenvalue weighted by Crippen LogP contribution is 2.38. The number of Topliss-reactive ketones (excluding diaryl/α,β-unsaturated/α-hetero) is 1. The van der Waals surface area contributed by atoms with E-state index in [4.69, 9.17) is 5.73 Å². The van der Waals surface area contributed by atoms with Crippen molar-refractivity contribution in [1.29, 1.82) is 0 Å². The van der Waals surface area contributed by atoms with Crippen LogP contribution in [0.25, 0.3) is 0 Å². The Labute approximate surface area is 122 Å². The van der Waals surface area contributed by atoms with Crippen LogP contribution in [-0.2, 0) is 5.41 Å². The lowest BCUT2D eigenvalue weighted by Gasteiger charge is -2.34. The van der Waals surface area contributed by atoms with E-state index < -0.39 is 0 Å². The third-order valence-corrected chi connectivity index (χ3v) is 4.70. The lowest BCUT2D eigenvalue weighted by atomic mass is 9.69. The average Bonchev–Trinajstić information content (AvgIpc) is 2.46. The first-order chi connectivity index (χ1) is 9.39. The molecule has 2 rings (SSSR count). The van der Waals surface area contributed by atoms with Gasteiger partial charge in [0.25, 0.3) is 0 Å². The summed E-state index contributed by atoms with van der Waals surface area (Å²) in [7, 11) is 0. The lowest BCUT2D eigenvalue weighted by molar-refractivity contribution is 0.0729. The van der Waals surface area contributed by atoms with Crippen LogP contribution >= 0.6 is 0 Å². The summed E-state index contributed by atoms with van der Waals surface area (Å²) < 4.78 is 0. The normalized spacial score (nSPS) is 18.8. The van der Waals surface area contributed by atoms with Gasteiger partial charge >= 0.3 is 0 Å². The Hall–Kier alpha value is -1.15. The number of carbonyl (C=O) groups is 1. The maximum absolute atomic E-state index is 12.8. The Morgan fingerprint density at radius 1 is 1.10 bits per heavy atom. The molecule has 1 aromatic rings. The maximum atomic E-state index is 12.8. The molecule has 0 spiro atoms. The zero-order valence-electron chi connectivity index (χ0n) is 13.0. The molecule has 1 aliphatic rings. The zero-order valence-corrected chi connectivity index (χ0v) is 13.0. The summed E-state index contributed by atoms with van der Waals surface area (Å²) in [5.41, 5.74) is 7.86. The molecule has 1 aliphatic carbocycles. The van der Waals surface area contributed by atoms with Gasteiger partial charge in [0.15, 0.2) is 5.78 Å². The molecular formula is C18H27NO. The molecule has 110 valence electrons. The third-order valence-electron chi connectivity index (χ3n) is 4.70. The number of ketones is 1. The van der Waals surface area contributed by atoms with E-state index in [1.165, 1.54) is 12.0 Å². The second kappa shape index (κ2) is 5.69. The molecule has 0 radical (unpaired) electrons. The van der Waals surface area contributed by atoms with Crippen molar-refractivity contribution in [3.8, 4) is 0 Å². The van der Waals surface area contributed by atoms with Crippen molar-refractivity contribution in [2.45, 2.75) is 58.3 Å². The van der Waals surface area contributed by atoms with Crippen LogP contribution in [0.4, 0.5) is 0 Å². The van der Waals surface area contributed by atoms with Crippen LogP contribution in [0.5, 0.6) is 0 Å². The first kappa shape index (κ1) is 15.2. The standard InChI is InChI=1S/C18H27NO/c1-17(2,3)15-9-7-14(8-10-15)16(20)18(13-19)11-5-4-6-12-18/h7-10H,4-6,11-13,19H2,1-3H3. The minimum atomic E-state index is -0.304. The summed E-state index contributed by atoms with van der Waals surface area (Å²) in [4.78, 5) is 12.8. The average molecular weight is 273 g/mol. The van der Waals surface area contributed by atoms with E-state index in [1.54, 1.807) is 0 Å². The highest BCUT2D eigenvalue weighted by molar-refractivity contribution is 6.00. The number of hydrogen-bond acceptors (Lipinski definition) is 2. The SMILES string of the molecule is CC(C)(C)c1ccc(C(=O)C2(CN)CCCCC2)cc1. The smallest absolute Gasteiger partial charge is 0.170 e. The van der Waals surface area contributed by atoms with Gasteiger partial charge in [0, 0.05) is 17.5 Å². The van der Waals surface area contributed by atoms with Crippen LogP contribution in [0.15, 0.2) is 24.3 Å². The molecule has 0 saturated heterocycles. The van der Waals surface area contributed by atoms with Gasteiger partial charge < -0.3 is 5.73 Å². The Bertz CT molecular complexity index is 461. The van der Waals surface area contributed by atoms with Crippen molar-refractivity contribution in [1.82, 2.24) is 0 Å². The summed E-state index contributed by atoms with van der Waals surface area (Å²) in [6.07, 6.45) is 5.39. The highest BCUT2D eigenvalue weighted by atomic mass is 16.1. The van der Waals surface area contributed by atoms with Crippen molar-refractivity contribution in [3.63, 3.8) is 0 Å². The van der Waals surface area contributed by atoms with Crippen LogP contribution in [0, 0.1) is 5.41 Å². The van der Waals surface area contributed by atoms with Gasteiger partial charge in [-0.1, -0.05) is 64.3 Å². The zero-order chi connectivity index (χ0) is 14.8. The predicted molar refractivity (Wildman–Crippen MR) is 84.0 cm³/mol. The number of hydrogen-bond donors (Lipinski definition) is 1. The summed E-state index contributed by atoms with van der Waals surface area (Å²) in [5.74, 6) is 0.250. The van der Waals surface area contributed by atoms with Gasteiger partial charge in [-0.05, 0) is 23.8 Å². The fraction of sp³-hybridized carbons (Fsp3) is 0.611. The topological polar surface area (TPSA) is 43.1 Å². The molecule has 2 heteroatoms. The van der Waals surface area contributed by atoms with Crippen molar-refractivity contribution in [2.24, 2.45) is 11.1 Å². The quantitative estimate of drug-likeness (QED) is 0.843.